The summed E-state index contributed by atoms with van der Waals surface area (Å²) < 4.78 is 5.24. The highest BCUT2D eigenvalue weighted by Crippen LogP contribution is 2.19. The zero-order valence-electron chi connectivity index (χ0n) is 10.1. The minimum atomic E-state index is -1.14. The Morgan fingerprint density at radius 3 is 2.31 bits per heavy atom. The fourth-order valence-electron chi connectivity index (χ4n) is 1.20. The Bertz CT molecular complexity index is 316. The van der Waals surface area contributed by atoms with Crippen molar-refractivity contribution in [1.29, 1.82) is 0 Å². The van der Waals surface area contributed by atoms with Crippen molar-refractivity contribution < 1.29 is 14.9 Å². The zero-order valence-corrected chi connectivity index (χ0v) is 11.1. The fraction of sp³-hybridized carbons (Fsp3) is 0.500. The number of rotatable bonds is 5. The van der Waals surface area contributed by atoms with Crippen LogP contribution < -0.4 is 0 Å². The van der Waals surface area contributed by atoms with Crippen LogP contribution in [0, 0.1) is 0 Å². The summed E-state index contributed by atoms with van der Waals surface area (Å²) in [5.41, 5.74) is 0.563. The molecule has 0 bridgehead atoms. The number of benzene rings is 1. The molecule has 0 fully saturated rings. The molecule has 0 heterocycles. The molecule has 4 heteroatoms. The Kier molecular flexibility index (Phi) is 4.52. The lowest BCUT2D eigenvalue weighted by Gasteiger charge is -2.17. The van der Waals surface area contributed by atoms with Crippen LogP contribution in [-0.4, -0.2) is 19.8 Å². The summed E-state index contributed by atoms with van der Waals surface area (Å²) in [6, 6.07) is 7.19. The minimum absolute atomic E-state index is 0.165. The molecule has 3 nitrogen and oxygen atoms in total. The highest BCUT2D eigenvalue weighted by molar-refractivity contribution is 6.76. The van der Waals surface area contributed by atoms with Gasteiger partial charge in [0.05, 0.1) is 0 Å². The van der Waals surface area contributed by atoms with Crippen LogP contribution in [0.4, 0.5) is 0 Å². The van der Waals surface area contributed by atoms with Gasteiger partial charge < -0.3 is 9.84 Å². The van der Waals surface area contributed by atoms with Crippen molar-refractivity contribution in [3.05, 3.63) is 29.8 Å². The highest BCUT2D eigenvalue weighted by atomic mass is 28.3. The first-order chi connectivity index (χ1) is 7.38. The summed E-state index contributed by atoms with van der Waals surface area (Å²) in [6.45, 7) is 7.26. The van der Waals surface area contributed by atoms with Crippen molar-refractivity contribution in [3.8, 4) is 5.75 Å². The van der Waals surface area contributed by atoms with E-state index in [0.717, 1.165) is 6.04 Å². The van der Waals surface area contributed by atoms with Gasteiger partial charge in [-0.15, -0.1) is 0 Å². The van der Waals surface area contributed by atoms with Crippen molar-refractivity contribution >= 4 is 8.07 Å². The monoisotopic (exact) mass is 239 g/mol. The molecule has 0 spiro atoms. The molecule has 0 saturated carbocycles. The second-order valence-electron chi connectivity index (χ2n) is 5.10. The molecule has 1 radical (unpaired) electrons. The van der Waals surface area contributed by atoms with Crippen LogP contribution in [0.2, 0.25) is 25.7 Å². The van der Waals surface area contributed by atoms with Crippen LogP contribution in [0.3, 0.4) is 0 Å². The van der Waals surface area contributed by atoms with Crippen LogP contribution in [0.15, 0.2) is 24.3 Å². The zero-order chi connectivity index (χ0) is 12.2. The van der Waals surface area contributed by atoms with E-state index in [9.17, 15) is 5.11 Å². The van der Waals surface area contributed by atoms with E-state index in [4.69, 9.17) is 9.84 Å². The second kappa shape index (κ2) is 5.47. The van der Waals surface area contributed by atoms with E-state index in [2.05, 4.69) is 19.6 Å². The van der Waals surface area contributed by atoms with Crippen molar-refractivity contribution in [2.24, 2.45) is 0 Å². The van der Waals surface area contributed by atoms with E-state index < -0.39 is 14.4 Å². The van der Waals surface area contributed by atoms with E-state index in [1.54, 1.807) is 12.1 Å². The summed E-state index contributed by atoms with van der Waals surface area (Å²) in [4.78, 5) is 0. The average molecular weight is 239 g/mol. The number of hydrogen-bond acceptors (Lipinski definition) is 2. The molecular weight excluding hydrogens is 220 g/mol. The molecule has 1 N–H and O–H groups in total. The SMILES string of the molecule is C[Si](C)(C)CCOC([O])c1ccc(O)cc1. The molecule has 16 heavy (non-hydrogen) atoms. The molecule has 1 unspecified atom stereocenters. The number of aromatic hydroxyl groups is 1. The maximum Gasteiger partial charge on any atom is 0.217 e. The van der Waals surface area contributed by atoms with Crippen molar-refractivity contribution in [1.82, 2.24) is 0 Å². The first-order valence-corrected chi connectivity index (χ1v) is 9.15. The minimum Gasteiger partial charge on any atom is -0.508 e. The summed E-state index contributed by atoms with van der Waals surface area (Å²) in [5.74, 6) is 0.165. The van der Waals surface area contributed by atoms with Crippen LogP contribution in [-0.2, 0) is 9.84 Å². The third kappa shape index (κ3) is 4.79. The van der Waals surface area contributed by atoms with E-state index in [-0.39, 0.29) is 5.75 Å². The van der Waals surface area contributed by atoms with Gasteiger partial charge in [0.1, 0.15) is 5.75 Å². The van der Waals surface area contributed by atoms with Crippen molar-refractivity contribution in [2.75, 3.05) is 6.61 Å². The lowest BCUT2D eigenvalue weighted by Crippen LogP contribution is -2.22. The normalized spacial score (nSPS) is 13.8. The van der Waals surface area contributed by atoms with Gasteiger partial charge in [0.15, 0.2) is 0 Å². The smallest absolute Gasteiger partial charge is 0.217 e. The van der Waals surface area contributed by atoms with Gasteiger partial charge >= 0.3 is 0 Å². The third-order valence-corrected chi connectivity index (χ3v) is 3.99. The Morgan fingerprint density at radius 1 is 1.25 bits per heavy atom. The quantitative estimate of drug-likeness (QED) is 0.633. The Balaban J connectivity index is 2.41. The van der Waals surface area contributed by atoms with E-state index in [1.165, 1.54) is 12.1 Å². The number of ether oxygens (including phenoxy) is 1. The van der Waals surface area contributed by atoms with E-state index in [1.807, 2.05) is 0 Å². The topological polar surface area (TPSA) is 49.4 Å². The predicted molar refractivity (Wildman–Crippen MR) is 65.6 cm³/mol. The standard InChI is InChI=1S/C12H19O3Si/c1-16(2,3)9-8-15-12(14)10-4-6-11(13)7-5-10/h4-7,12-13H,8-9H2,1-3H3. The molecule has 1 atom stereocenters. The largest absolute Gasteiger partial charge is 0.508 e. The average Bonchev–Trinajstić information content (AvgIpc) is 2.16. The molecule has 1 rings (SSSR count). The van der Waals surface area contributed by atoms with E-state index in [0.29, 0.717) is 12.2 Å². The molecule has 0 aliphatic heterocycles. The summed E-state index contributed by atoms with van der Waals surface area (Å²) in [7, 11) is -1.14. The Morgan fingerprint density at radius 2 is 1.81 bits per heavy atom. The lowest BCUT2D eigenvalue weighted by molar-refractivity contribution is -0.140. The summed E-state index contributed by atoms with van der Waals surface area (Å²) >= 11 is 0. The van der Waals surface area contributed by atoms with E-state index >= 15 is 0 Å². The van der Waals surface area contributed by atoms with Crippen LogP contribution in [0.25, 0.3) is 0 Å². The lowest BCUT2D eigenvalue weighted by atomic mass is 10.2. The van der Waals surface area contributed by atoms with Gasteiger partial charge in [-0.3, -0.25) is 0 Å². The molecule has 0 aliphatic carbocycles. The third-order valence-electron chi connectivity index (χ3n) is 2.29. The first kappa shape index (κ1) is 13.2. The predicted octanol–water partition coefficient (Wildman–Crippen LogP) is 3.18. The molecule has 0 saturated heterocycles. The van der Waals surface area contributed by atoms with Crippen LogP contribution in [0.1, 0.15) is 11.9 Å². The maximum absolute atomic E-state index is 11.6. The number of phenols is 1. The van der Waals surface area contributed by atoms with Crippen molar-refractivity contribution in [3.63, 3.8) is 0 Å². The van der Waals surface area contributed by atoms with Gasteiger partial charge in [0.25, 0.3) is 0 Å². The van der Waals surface area contributed by atoms with Gasteiger partial charge in [-0.2, -0.15) is 5.11 Å². The summed E-state index contributed by atoms with van der Waals surface area (Å²) in [5, 5.41) is 20.7. The van der Waals surface area contributed by atoms with Gasteiger partial charge in [-0.25, -0.2) is 0 Å². The number of phenolic OH excluding ortho intramolecular Hbond substituents is 1. The highest BCUT2D eigenvalue weighted by Gasteiger charge is 2.15. The van der Waals surface area contributed by atoms with Gasteiger partial charge in [0.2, 0.25) is 6.29 Å². The van der Waals surface area contributed by atoms with Crippen molar-refractivity contribution in [2.45, 2.75) is 32.0 Å². The summed E-state index contributed by atoms with van der Waals surface area (Å²) in [6.07, 6.45) is -1.14. The molecule has 89 valence electrons. The molecular formula is C12H19O3Si. The molecule has 0 amide bonds. The molecule has 0 aromatic heterocycles. The molecule has 1 aromatic rings. The van der Waals surface area contributed by atoms with Crippen LogP contribution in [0.5, 0.6) is 5.75 Å². The van der Waals surface area contributed by atoms with Gasteiger partial charge in [0, 0.05) is 20.2 Å². The van der Waals surface area contributed by atoms with Crippen LogP contribution >= 0.6 is 0 Å². The Hall–Kier alpha value is -0.843. The maximum atomic E-state index is 11.6. The Labute approximate surface area is 97.7 Å². The second-order valence-corrected chi connectivity index (χ2v) is 10.7. The first-order valence-electron chi connectivity index (χ1n) is 5.45. The molecule has 0 aliphatic rings. The molecule has 1 aromatic carbocycles. The number of hydrogen-bond donors (Lipinski definition) is 1. The van der Waals surface area contributed by atoms with Gasteiger partial charge in [-0.1, -0.05) is 31.8 Å². The van der Waals surface area contributed by atoms with Gasteiger partial charge in [-0.05, 0) is 18.2 Å². The fourth-order valence-corrected chi connectivity index (χ4v) is 1.93.